The summed E-state index contributed by atoms with van der Waals surface area (Å²) in [6, 6.07) is 11.2. The highest BCUT2D eigenvalue weighted by atomic mass is 35.5. The molecule has 4 amide bonds. The van der Waals surface area contributed by atoms with Crippen LogP contribution in [0.25, 0.3) is 0 Å². The van der Waals surface area contributed by atoms with E-state index in [9.17, 15) is 24.3 Å². The van der Waals surface area contributed by atoms with Gasteiger partial charge in [-0.15, -0.1) is 0 Å². The fraction of sp³-hybridized carbons (Fsp3) is 0.429. The fourth-order valence-electron chi connectivity index (χ4n) is 4.36. The number of nitrogens with one attached hydrogen (secondary N) is 3. The molecule has 1 saturated heterocycles. The second kappa shape index (κ2) is 14.1. The predicted octanol–water partition coefficient (Wildman–Crippen LogP) is 3.09. The molecule has 2 aromatic carbocycles. The zero-order valence-electron chi connectivity index (χ0n) is 23.0. The molecule has 1 unspecified atom stereocenters. The molecule has 0 bridgehead atoms. The summed E-state index contributed by atoms with van der Waals surface area (Å²) in [4.78, 5) is 53.3. The van der Waals surface area contributed by atoms with Crippen molar-refractivity contribution in [1.82, 2.24) is 10.2 Å². The lowest BCUT2D eigenvalue weighted by molar-refractivity contribution is -0.143. The third-order valence-electron chi connectivity index (χ3n) is 6.53. The normalized spacial score (nSPS) is 17.3. The van der Waals surface area contributed by atoms with Gasteiger partial charge in [0.05, 0.1) is 19.8 Å². The molecule has 216 valence electrons. The second-order valence-electron chi connectivity index (χ2n) is 10.1. The summed E-state index contributed by atoms with van der Waals surface area (Å²) in [6.45, 7) is 3.92. The van der Waals surface area contributed by atoms with E-state index in [0.29, 0.717) is 28.5 Å². The van der Waals surface area contributed by atoms with E-state index in [0.717, 1.165) is 0 Å². The average molecular weight is 574 g/mol. The molecule has 0 saturated carbocycles. The number of hydrogen-bond acceptors (Lipinski definition) is 7. The van der Waals surface area contributed by atoms with Crippen molar-refractivity contribution < 1.29 is 29.0 Å². The van der Waals surface area contributed by atoms with Crippen LogP contribution in [0.3, 0.4) is 0 Å². The molecule has 40 heavy (non-hydrogen) atoms. The van der Waals surface area contributed by atoms with E-state index in [1.54, 1.807) is 55.6 Å². The minimum atomic E-state index is -0.870. The zero-order valence-corrected chi connectivity index (χ0v) is 23.8. The number of nitrogens with zero attached hydrogens (tertiary/aromatic N) is 2. The van der Waals surface area contributed by atoms with Gasteiger partial charge in [-0.25, -0.2) is 4.79 Å². The number of aliphatic hydroxyl groups is 1. The highest BCUT2D eigenvalue weighted by molar-refractivity contribution is 6.30. The Bertz CT molecular complexity index is 1190. The van der Waals surface area contributed by atoms with Gasteiger partial charge >= 0.3 is 12.0 Å². The van der Waals surface area contributed by atoms with Crippen molar-refractivity contribution >= 4 is 52.5 Å². The van der Waals surface area contributed by atoms with E-state index >= 15 is 0 Å². The van der Waals surface area contributed by atoms with Gasteiger partial charge in [0.25, 0.3) is 0 Å². The Kier molecular flexibility index (Phi) is 10.9. The summed E-state index contributed by atoms with van der Waals surface area (Å²) in [6.07, 6.45) is -0.191. The lowest BCUT2D eigenvalue weighted by atomic mass is 10.0. The first kappa shape index (κ1) is 30.9. The number of esters is 1. The summed E-state index contributed by atoms with van der Waals surface area (Å²) in [5.74, 6) is -0.871. The van der Waals surface area contributed by atoms with Crippen molar-refractivity contribution in [2.45, 2.75) is 44.9 Å². The molecule has 1 heterocycles. The Labute approximate surface area is 238 Å². The molecular formula is C28H36ClN5O6. The van der Waals surface area contributed by atoms with E-state index < -0.39 is 36.1 Å². The van der Waals surface area contributed by atoms with E-state index in [1.807, 2.05) is 13.8 Å². The van der Waals surface area contributed by atoms with Crippen LogP contribution in [-0.4, -0.2) is 79.3 Å². The molecule has 1 aliphatic heterocycles. The first-order chi connectivity index (χ1) is 19.0. The molecular weight excluding hydrogens is 538 g/mol. The first-order valence-electron chi connectivity index (χ1n) is 13.0. The van der Waals surface area contributed by atoms with Gasteiger partial charge in [0.1, 0.15) is 12.1 Å². The molecule has 3 rings (SSSR count). The van der Waals surface area contributed by atoms with Crippen LogP contribution in [0.1, 0.15) is 26.7 Å². The van der Waals surface area contributed by atoms with Crippen molar-refractivity contribution in [1.29, 1.82) is 0 Å². The van der Waals surface area contributed by atoms with Crippen LogP contribution >= 0.6 is 11.6 Å². The molecule has 11 nitrogen and oxygen atoms in total. The second-order valence-corrected chi connectivity index (χ2v) is 10.5. The maximum Gasteiger partial charge on any atom is 0.322 e. The van der Waals surface area contributed by atoms with Crippen molar-refractivity contribution in [3.63, 3.8) is 0 Å². The molecule has 1 fully saturated rings. The Morgan fingerprint density at radius 2 is 1.65 bits per heavy atom. The number of aliphatic hydroxyl groups excluding tert-OH is 1. The van der Waals surface area contributed by atoms with E-state index in [4.69, 9.17) is 16.3 Å². The van der Waals surface area contributed by atoms with Gasteiger partial charge in [0.15, 0.2) is 0 Å². The number of likely N-dealkylation sites (N-methyl/N-ethyl adjacent to an activating group) is 1. The smallest absolute Gasteiger partial charge is 0.322 e. The van der Waals surface area contributed by atoms with Crippen LogP contribution in [-0.2, 0) is 19.1 Å². The maximum atomic E-state index is 13.0. The molecule has 0 radical (unpaired) electrons. The van der Waals surface area contributed by atoms with Gasteiger partial charge in [-0.05, 0) is 60.9 Å². The lowest BCUT2D eigenvalue weighted by Gasteiger charge is -2.24. The molecule has 0 aromatic heterocycles. The van der Waals surface area contributed by atoms with Crippen LogP contribution in [0.15, 0.2) is 48.5 Å². The van der Waals surface area contributed by atoms with E-state index in [-0.39, 0.29) is 31.3 Å². The minimum Gasteiger partial charge on any atom is -0.468 e. The third kappa shape index (κ3) is 8.41. The number of urea groups is 1. The number of likely N-dealkylation sites (tertiary alicyclic amines) is 1. The number of benzene rings is 2. The topological polar surface area (TPSA) is 140 Å². The summed E-state index contributed by atoms with van der Waals surface area (Å²) < 4.78 is 4.82. The Hall–Kier alpha value is -3.67. The van der Waals surface area contributed by atoms with Crippen LogP contribution in [0, 0.1) is 5.92 Å². The number of β-amino-alcohol motifs (C(OH)–C–C–N with tert-alkyl or cyclic N) is 1. The monoisotopic (exact) mass is 573 g/mol. The standard InChI is InChI=1S/C28H36ClN5O6/c1-17(2)13-23(27(38)40-4)30-15-25(36)33(3)21-11-9-19(10-12-21)31-26(37)24-14-22(35)16-34(24)28(39)32-20-7-5-18(29)6-8-20/h5-12,17,22-24,30,35H,13-16H2,1-4H3,(H,31,37)(H,32,39)/t22-,23-,24?/m1/s1. The number of carbonyl (C=O) groups excluding carboxylic acids is 4. The summed E-state index contributed by atoms with van der Waals surface area (Å²) in [7, 11) is 2.93. The van der Waals surface area contributed by atoms with Crippen LogP contribution in [0.2, 0.25) is 5.02 Å². The molecule has 0 aliphatic carbocycles. The quantitative estimate of drug-likeness (QED) is 0.320. The summed E-state index contributed by atoms with van der Waals surface area (Å²) >= 11 is 5.89. The lowest BCUT2D eigenvalue weighted by Crippen LogP contribution is -2.45. The highest BCUT2D eigenvalue weighted by Gasteiger charge is 2.39. The van der Waals surface area contributed by atoms with Gasteiger partial charge in [-0.1, -0.05) is 25.4 Å². The Balaban J connectivity index is 1.58. The van der Waals surface area contributed by atoms with Crippen LogP contribution in [0.4, 0.5) is 21.9 Å². The summed E-state index contributed by atoms with van der Waals surface area (Å²) in [5.41, 5.74) is 1.57. The SMILES string of the molecule is COC(=O)[C@@H](CC(C)C)NCC(=O)N(C)c1ccc(NC(=O)C2C[C@@H](O)CN2C(=O)Nc2ccc(Cl)cc2)cc1. The minimum absolute atomic E-state index is 0.0192. The van der Waals surface area contributed by atoms with Gasteiger partial charge < -0.3 is 30.3 Å². The predicted molar refractivity (Wildman–Crippen MR) is 153 cm³/mol. The number of anilines is 3. The van der Waals surface area contributed by atoms with Crippen LogP contribution < -0.4 is 20.9 Å². The maximum absolute atomic E-state index is 13.0. The molecule has 1 aliphatic rings. The van der Waals surface area contributed by atoms with Gasteiger partial charge in [-0.2, -0.15) is 0 Å². The van der Waals surface area contributed by atoms with Crippen molar-refractivity contribution in [2.24, 2.45) is 5.92 Å². The number of rotatable bonds is 10. The molecule has 0 spiro atoms. The van der Waals surface area contributed by atoms with Crippen molar-refractivity contribution in [3.8, 4) is 0 Å². The number of halogens is 1. The van der Waals surface area contributed by atoms with Crippen molar-refractivity contribution in [2.75, 3.05) is 42.8 Å². The first-order valence-corrected chi connectivity index (χ1v) is 13.4. The third-order valence-corrected chi connectivity index (χ3v) is 6.78. The molecule has 2 aromatic rings. The zero-order chi connectivity index (χ0) is 29.4. The van der Waals surface area contributed by atoms with Crippen LogP contribution in [0.5, 0.6) is 0 Å². The number of hydrogen-bond donors (Lipinski definition) is 4. The number of ether oxygens (including phenoxy) is 1. The number of amides is 4. The van der Waals surface area contributed by atoms with E-state index in [2.05, 4.69) is 16.0 Å². The average Bonchev–Trinajstić information content (AvgIpc) is 3.33. The molecule has 12 heteroatoms. The van der Waals surface area contributed by atoms with Gasteiger partial charge in [0, 0.05) is 42.1 Å². The highest BCUT2D eigenvalue weighted by Crippen LogP contribution is 2.23. The van der Waals surface area contributed by atoms with Gasteiger partial charge in [-0.3, -0.25) is 19.7 Å². The number of carbonyl (C=O) groups is 4. The van der Waals surface area contributed by atoms with Crippen molar-refractivity contribution in [3.05, 3.63) is 53.6 Å². The summed E-state index contributed by atoms with van der Waals surface area (Å²) in [5, 5.41) is 19.2. The Morgan fingerprint density at radius 3 is 2.25 bits per heavy atom. The fourth-order valence-corrected chi connectivity index (χ4v) is 4.48. The largest absolute Gasteiger partial charge is 0.468 e. The van der Waals surface area contributed by atoms with Gasteiger partial charge in [0.2, 0.25) is 11.8 Å². The Morgan fingerprint density at radius 1 is 1.05 bits per heavy atom. The molecule has 4 N–H and O–H groups in total. The number of methoxy groups -OCH3 is 1. The van der Waals surface area contributed by atoms with E-state index in [1.165, 1.54) is 16.9 Å². The molecule has 3 atom stereocenters.